The van der Waals surface area contributed by atoms with Crippen LogP contribution in [0, 0.1) is 0 Å². The van der Waals surface area contributed by atoms with Crippen LogP contribution in [0.2, 0.25) is 0 Å². The van der Waals surface area contributed by atoms with Crippen LogP contribution in [0.5, 0.6) is 11.5 Å². The fourth-order valence-electron chi connectivity index (χ4n) is 2.64. The maximum Gasteiger partial charge on any atom is 0.164 e. The number of ether oxygens (including phenoxy) is 2. The van der Waals surface area contributed by atoms with Gasteiger partial charge in [0.1, 0.15) is 6.61 Å². The Morgan fingerprint density at radius 1 is 1.29 bits per heavy atom. The van der Waals surface area contributed by atoms with Crippen LogP contribution >= 0.6 is 0 Å². The SMILES string of the molecule is COc1cccc2c1OCC(NCCc1ccccn1)C2. The van der Waals surface area contributed by atoms with E-state index in [-0.39, 0.29) is 0 Å². The molecule has 1 aliphatic heterocycles. The van der Waals surface area contributed by atoms with E-state index in [0.717, 1.165) is 36.6 Å². The van der Waals surface area contributed by atoms with Crippen LogP contribution in [-0.4, -0.2) is 31.3 Å². The van der Waals surface area contributed by atoms with Crippen LogP contribution in [0.15, 0.2) is 42.6 Å². The topological polar surface area (TPSA) is 43.4 Å². The zero-order chi connectivity index (χ0) is 14.5. The molecule has 0 amide bonds. The van der Waals surface area contributed by atoms with Gasteiger partial charge in [-0.3, -0.25) is 4.98 Å². The summed E-state index contributed by atoms with van der Waals surface area (Å²) in [5.74, 6) is 1.71. The first kappa shape index (κ1) is 13.9. The molecule has 0 fully saturated rings. The third kappa shape index (κ3) is 3.34. The van der Waals surface area contributed by atoms with E-state index >= 15 is 0 Å². The average molecular weight is 284 g/mol. The van der Waals surface area contributed by atoms with Crippen molar-refractivity contribution in [2.75, 3.05) is 20.3 Å². The first-order chi connectivity index (χ1) is 10.4. The molecule has 0 saturated carbocycles. The molecule has 1 unspecified atom stereocenters. The molecule has 4 heteroatoms. The van der Waals surface area contributed by atoms with E-state index in [2.05, 4.69) is 22.4 Å². The molecule has 21 heavy (non-hydrogen) atoms. The van der Waals surface area contributed by atoms with Crippen LogP contribution in [0.1, 0.15) is 11.3 Å². The molecule has 1 aromatic heterocycles. The number of rotatable bonds is 5. The van der Waals surface area contributed by atoms with Crippen molar-refractivity contribution < 1.29 is 9.47 Å². The van der Waals surface area contributed by atoms with E-state index in [4.69, 9.17) is 9.47 Å². The van der Waals surface area contributed by atoms with Gasteiger partial charge in [-0.1, -0.05) is 18.2 Å². The number of para-hydroxylation sites is 1. The van der Waals surface area contributed by atoms with Crippen molar-refractivity contribution in [2.24, 2.45) is 0 Å². The normalized spacial score (nSPS) is 16.9. The lowest BCUT2D eigenvalue weighted by atomic mass is 10.0. The van der Waals surface area contributed by atoms with E-state index in [1.54, 1.807) is 7.11 Å². The summed E-state index contributed by atoms with van der Waals surface area (Å²) in [7, 11) is 1.68. The lowest BCUT2D eigenvalue weighted by molar-refractivity contribution is 0.228. The molecule has 0 spiro atoms. The van der Waals surface area contributed by atoms with E-state index < -0.39 is 0 Å². The highest BCUT2D eigenvalue weighted by molar-refractivity contribution is 5.48. The predicted molar refractivity (Wildman–Crippen MR) is 81.9 cm³/mol. The summed E-state index contributed by atoms with van der Waals surface area (Å²) in [4.78, 5) is 4.33. The summed E-state index contributed by atoms with van der Waals surface area (Å²) in [5.41, 5.74) is 2.32. The molecule has 2 aromatic rings. The van der Waals surface area contributed by atoms with Crippen molar-refractivity contribution in [3.8, 4) is 11.5 Å². The second kappa shape index (κ2) is 6.59. The highest BCUT2D eigenvalue weighted by atomic mass is 16.5. The van der Waals surface area contributed by atoms with Crippen LogP contribution in [0.25, 0.3) is 0 Å². The number of hydrogen-bond acceptors (Lipinski definition) is 4. The summed E-state index contributed by atoms with van der Waals surface area (Å²) in [6.45, 7) is 1.58. The van der Waals surface area contributed by atoms with Crippen molar-refractivity contribution in [1.29, 1.82) is 0 Å². The third-order valence-electron chi connectivity index (χ3n) is 3.72. The minimum atomic E-state index is 0.341. The molecule has 1 aliphatic rings. The monoisotopic (exact) mass is 284 g/mol. The molecular formula is C17H20N2O2. The predicted octanol–water partition coefficient (Wildman–Crippen LogP) is 2.23. The first-order valence-electron chi connectivity index (χ1n) is 7.29. The molecule has 0 saturated heterocycles. The van der Waals surface area contributed by atoms with Gasteiger partial charge >= 0.3 is 0 Å². The van der Waals surface area contributed by atoms with Gasteiger partial charge in [0.05, 0.1) is 7.11 Å². The van der Waals surface area contributed by atoms with Crippen molar-refractivity contribution >= 4 is 0 Å². The van der Waals surface area contributed by atoms with Crippen molar-refractivity contribution in [2.45, 2.75) is 18.9 Å². The minimum Gasteiger partial charge on any atom is -0.493 e. The van der Waals surface area contributed by atoms with Crippen molar-refractivity contribution in [3.63, 3.8) is 0 Å². The summed E-state index contributed by atoms with van der Waals surface area (Å²) < 4.78 is 11.2. The number of nitrogens with one attached hydrogen (secondary N) is 1. The number of methoxy groups -OCH3 is 1. The number of fused-ring (bicyclic) bond motifs is 1. The maximum atomic E-state index is 5.86. The molecule has 110 valence electrons. The van der Waals surface area contributed by atoms with Crippen LogP contribution in [0.3, 0.4) is 0 Å². The van der Waals surface area contributed by atoms with Gasteiger partial charge < -0.3 is 14.8 Å². The Kier molecular flexibility index (Phi) is 4.36. The Bertz CT molecular complexity index is 587. The molecule has 0 radical (unpaired) electrons. The summed E-state index contributed by atoms with van der Waals surface area (Å²) in [5, 5.41) is 3.54. The van der Waals surface area contributed by atoms with E-state index in [0.29, 0.717) is 12.6 Å². The van der Waals surface area contributed by atoms with Gasteiger partial charge in [0.15, 0.2) is 11.5 Å². The lowest BCUT2D eigenvalue weighted by Gasteiger charge is -2.27. The average Bonchev–Trinajstić information content (AvgIpc) is 2.55. The van der Waals surface area contributed by atoms with Gasteiger partial charge in [0.2, 0.25) is 0 Å². The summed E-state index contributed by atoms with van der Waals surface area (Å²) in [6, 6.07) is 12.4. The van der Waals surface area contributed by atoms with Gasteiger partial charge in [0.25, 0.3) is 0 Å². The lowest BCUT2D eigenvalue weighted by Crippen LogP contribution is -2.40. The fourth-order valence-corrected chi connectivity index (χ4v) is 2.64. The molecule has 1 aromatic carbocycles. The zero-order valence-corrected chi connectivity index (χ0v) is 12.2. The standard InChI is InChI=1S/C17H20N2O2/c1-20-16-7-4-5-13-11-15(12-21-17(13)16)19-10-8-14-6-2-3-9-18-14/h2-7,9,15,19H,8,10-12H2,1H3. The number of nitrogens with zero attached hydrogens (tertiary/aromatic N) is 1. The second-order valence-electron chi connectivity index (χ2n) is 5.19. The van der Waals surface area contributed by atoms with E-state index in [9.17, 15) is 0 Å². The van der Waals surface area contributed by atoms with Crippen LogP contribution < -0.4 is 14.8 Å². The van der Waals surface area contributed by atoms with Gasteiger partial charge in [-0.2, -0.15) is 0 Å². The van der Waals surface area contributed by atoms with E-state index in [1.165, 1.54) is 5.56 Å². The molecule has 0 aliphatic carbocycles. The molecule has 4 nitrogen and oxygen atoms in total. The largest absolute Gasteiger partial charge is 0.493 e. The first-order valence-corrected chi connectivity index (χ1v) is 7.29. The van der Waals surface area contributed by atoms with Gasteiger partial charge in [-0.05, 0) is 30.2 Å². The molecular weight excluding hydrogens is 264 g/mol. The van der Waals surface area contributed by atoms with Crippen LogP contribution in [0.4, 0.5) is 0 Å². The third-order valence-corrected chi connectivity index (χ3v) is 3.72. The van der Waals surface area contributed by atoms with Crippen molar-refractivity contribution in [3.05, 3.63) is 53.9 Å². The smallest absolute Gasteiger partial charge is 0.164 e. The van der Waals surface area contributed by atoms with Gasteiger partial charge in [0, 0.05) is 30.9 Å². The van der Waals surface area contributed by atoms with Gasteiger partial charge in [-0.15, -0.1) is 0 Å². The zero-order valence-electron chi connectivity index (χ0n) is 12.2. The fraction of sp³-hybridized carbons (Fsp3) is 0.353. The molecule has 1 atom stereocenters. The summed E-state index contributed by atoms with van der Waals surface area (Å²) in [6.07, 6.45) is 3.73. The Morgan fingerprint density at radius 2 is 2.24 bits per heavy atom. The maximum absolute atomic E-state index is 5.86. The number of hydrogen-bond donors (Lipinski definition) is 1. The Hall–Kier alpha value is -2.07. The quantitative estimate of drug-likeness (QED) is 0.914. The Labute approximate surface area is 125 Å². The van der Waals surface area contributed by atoms with Crippen molar-refractivity contribution in [1.82, 2.24) is 10.3 Å². The molecule has 1 N–H and O–H groups in total. The van der Waals surface area contributed by atoms with Gasteiger partial charge in [-0.25, -0.2) is 0 Å². The second-order valence-corrected chi connectivity index (χ2v) is 5.19. The number of pyridine rings is 1. The highest BCUT2D eigenvalue weighted by Gasteiger charge is 2.21. The van der Waals surface area contributed by atoms with Crippen LogP contribution in [-0.2, 0) is 12.8 Å². The molecule has 0 bridgehead atoms. The molecule has 2 heterocycles. The number of aromatic nitrogens is 1. The van der Waals surface area contributed by atoms with E-state index in [1.807, 2.05) is 30.5 Å². The highest BCUT2D eigenvalue weighted by Crippen LogP contribution is 2.34. The molecule has 3 rings (SSSR count). The summed E-state index contributed by atoms with van der Waals surface area (Å²) >= 11 is 0. The Balaban J connectivity index is 1.55. The number of benzene rings is 1. The Morgan fingerprint density at radius 3 is 3.05 bits per heavy atom. The minimum absolute atomic E-state index is 0.341.